The summed E-state index contributed by atoms with van der Waals surface area (Å²) in [5.41, 5.74) is 1.69. The first kappa shape index (κ1) is 14.0. The lowest BCUT2D eigenvalue weighted by Gasteiger charge is -2.18. The number of hydrogen-bond acceptors (Lipinski definition) is 1. The van der Waals surface area contributed by atoms with Crippen LogP contribution in [0.2, 0.25) is 10.0 Å². The van der Waals surface area contributed by atoms with Gasteiger partial charge in [-0.2, -0.15) is 0 Å². The van der Waals surface area contributed by atoms with Crippen LogP contribution in [0, 0.1) is 6.92 Å². The van der Waals surface area contributed by atoms with E-state index in [2.05, 4.69) is 6.92 Å². The number of aryl methyl sites for hydroxylation is 1. The molecular weight excluding hydrogens is 262 g/mol. The molecule has 16 heavy (non-hydrogen) atoms. The molecule has 0 fully saturated rings. The van der Waals surface area contributed by atoms with Gasteiger partial charge in [0.05, 0.1) is 5.02 Å². The first-order valence-electron chi connectivity index (χ1n) is 5.17. The molecule has 1 nitrogen and oxygen atoms in total. The Hall–Kier alpha value is -0.0700. The van der Waals surface area contributed by atoms with Gasteiger partial charge in [0.2, 0.25) is 0 Å². The van der Waals surface area contributed by atoms with Crippen LogP contribution in [0.15, 0.2) is 12.1 Å². The Morgan fingerprint density at radius 3 is 2.62 bits per heavy atom. The van der Waals surface area contributed by atoms with Gasteiger partial charge in [0.15, 0.2) is 0 Å². The van der Waals surface area contributed by atoms with Gasteiger partial charge in [-0.25, -0.2) is 0 Å². The fraction of sp³-hybridized carbons (Fsp3) is 0.417. The normalized spacial score (nSPS) is 14.0. The van der Waals surface area contributed by atoms with Gasteiger partial charge in [-0.15, -0.1) is 13.7 Å². The monoisotopic (exact) mass is 275 g/mol. The van der Waals surface area contributed by atoms with Crippen LogP contribution in [0.4, 0.5) is 0 Å². The smallest absolute Gasteiger partial charge is 0.0515 e. The summed E-state index contributed by atoms with van der Waals surface area (Å²) in [7, 11) is 0.760. The first-order valence-corrected chi connectivity index (χ1v) is 6.89. The molecule has 1 aromatic rings. The van der Waals surface area contributed by atoms with Crippen molar-refractivity contribution in [3.8, 4) is 0 Å². The van der Waals surface area contributed by atoms with E-state index in [9.17, 15) is 5.11 Å². The summed E-state index contributed by atoms with van der Waals surface area (Å²) in [6.07, 6.45) is 0.967. The summed E-state index contributed by atoms with van der Waals surface area (Å²) < 4.78 is 0. The van der Waals surface area contributed by atoms with E-state index in [-0.39, 0.29) is 5.48 Å². The van der Waals surface area contributed by atoms with E-state index in [4.69, 9.17) is 23.2 Å². The number of rotatable bonds is 3. The van der Waals surface area contributed by atoms with Crippen molar-refractivity contribution in [3.63, 3.8) is 0 Å². The summed E-state index contributed by atoms with van der Waals surface area (Å²) in [4.78, 5) is 0. The highest BCUT2D eigenvalue weighted by molar-refractivity contribution is 7.41. The lowest BCUT2D eigenvalue weighted by atomic mass is 10.1. The van der Waals surface area contributed by atoms with Gasteiger partial charge in [-0.05, 0) is 30.6 Å². The van der Waals surface area contributed by atoms with E-state index in [0.717, 1.165) is 20.2 Å². The predicted molar refractivity (Wildman–Crippen MR) is 72.0 cm³/mol. The maximum absolute atomic E-state index is 12.0. The molecule has 1 rings (SSSR count). The quantitative estimate of drug-likeness (QED) is 0.768. The molecule has 88 valence electrons. The molecule has 0 aliphatic carbocycles. The topological polar surface area (TPSA) is 23.1 Å². The zero-order chi connectivity index (χ0) is 12.3. The van der Waals surface area contributed by atoms with E-state index >= 15 is 0 Å². The van der Waals surface area contributed by atoms with Crippen LogP contribution >= 0.6 is 31.4 Å². The fourth-order valence-electron chi connectivity index (χ4n) is 1.21. The zero-order valence-corrected chi connectivity index (χ0v) is 12.0. The Labute approximate surface area is 108 Å². The van der Waals surface area contributed by atoms with Crippen LogP contribution in [0.5, 0.6) is 0 Å². The summed E-state index contributed by atoms with van der Waals surface area (Å²) in [6, 6.07) is 3.55. The van der Waals surface area contributed by atoms with Gasteiger partial charge in [0, 0.05) is 10.6 Å². The van der Waals surface area contributed by atoms with Crippen molar-refractivity contribution in [2.45, 2.75) is 32.9 Å². The molecule has 1 aromatic carbocycles. The maximum atomic E-state index is 12.0. The van der Waals surface area contributed by atoms with Crippen molar-refractivity contribution in [2.75, 3.05) is 0 Å². The third kappa shape index (κ3) is 3.21. The van der Waals surface area contributed by atoms with Gasteiger partial charge < -0.3 is 5.11 Å². The third-order valence-corrected chi connectivity index (χ3v) is 4.49. The van der Waals surface area contributed by atoms with Gasteiger partial charge in [0.25, 0.3) is 0 Å². The summed E-state index contributed by atoms with van der Waals surface area (Å²) >= 11 is 12.1. The summed E-state index contributed by atoms with van der Waals surface area (Å²) in [5, 5.41) is 12.9. The van der Waals surface area contributed by atoms with Crippen LogP contribution in [0.1, 0.15) is 31.4 Å². The molecule has 0 aliphatic rings. The minimum atomic E-state index is 0.00745. The van der Waals surface area contributed by atoms with E-state index in [1.165, 1.54) is 0 Å². The third-order valence-electron chi connectivity index (χ3n) is 2.43. The Kier molecular flexibility index (Phi) is 5.27. The molecule has 0 heterocycles. The van der Waals surface area contributed by atoms with Crippen molar-refractivity contribution < 1.29 is 5.11 Å². The summed E-state index contributed by atoms with van der Waals surface area (Å²) in [6.45, 7) is 5.97. The van der Waals surface area contributed by atoms with Crippen LogP contribution in [-0.4, -0.2) is 11.1 Å². The Bertz CT molecular complexity index is 416. The van der Waals surface area contributed by atoms with Crippen LogP contribution in [0.3, 0.4) is 0 Å². The second-order valence-electron chi connectivity index (χ2n) is 3.74. The van der Waals surface area contributed by atoms with Gasteiger partial charge in [-0.1, -0.05) is 43.1 Å². The van der Waals surface area contributed by atoms with Crippen molar-refractivity contribution in [2.24, 2.45) is 0 Å². The molecule has 0 saturated heterocycles. The number of benzene rings is 1. The lowest BCUT2D eigenvalue weighted by Crippen LogP contribution is -2.18. The minimum Gasteiger partial charge on any atom is -0.823 e. The van der Waals surface area contributed by atoms with Crippen LogP contribution < -0.4 is 5.11 Å². The van der Waals surface area contributed by atoms with Crippen molar-refractivity contribution >= 4 is 36.9 Å². The molecule has 0 aromatic heterocycles. The average Bonchev–Trinajstić information content (AvgIpc) is 2.24. The number of hydrogen-bond donors (Lipinski definition) is 0. The molecule has 0 radical (unpaired) electrons. The molecule has 1 unspecified atom stereocenters. The highest BCUT2D eigenvalue weighted by atomic mass is 35.5. The number of halogens is 2. The maximum Gasteiger partial charge on any atom is 0.0515 e. The average molecular weight is 276 g/mol. The minimum absolute atomic E-state index is 0.00745. The van der Waals surface area contributed by atoms with Gasteiger partial charge in [-0.3, -0.25) is 0 Å². The molecule has 0 N–H and O–H groups in total. The van der Waals surface area contributed by atoms with Gasteiger partial charge >= 0.3 is 0 Å². The molecule has 1 atom stereocenters. The van der Waals surface area contributed by atoms with Crippen molar-refractivity contribution in [3.05, 3.63) is 33.3 Å². The molecular formula is C12H14Cl2OP-. The van der Waals surface area contributed by atoms with E-state index < -0.39 is 0 Å². The molecule has 0 bridgehead atoms. The molecule has 0 amide bonds. The van der Waals surface area contributed by atoms with Crippen molar-refractivity contribution in [1.29, 1.82) is 0 Å². The molecule has 0 spiro atoms. The Morgan fingerprint density at radius 2 is 2.06 bits per heavy atom. The van der Waals surface area contributed by atoms with E-state index in [1.807, 2.05) is 19.9 Å². The predicted octanol–water partition coefficient (Wildman–Crippen LogP) is 3.88. The zero-order valence-electron chi connectivity index (χ0n) is 9.55. The van der Waals surface area contributed by atoms with Crippen LogP contribution in [0.25, 0.3) is 0 Å². The Morgan fingerprint density at radius 1 is 1.44 bits per heavy atom. The fourth-order valence-corrected chi connectivity index (χ4v) is 2.83. The van der Waals surface area contributed by atoms with Crippen LogP contribution in [-0.2, 0) is 0 Å². The lowest BCUT2D eigenvalue weighted by molar-refractivity contribution is -0.207. The molecule has 4 heteroatoms. The summed E-state index contributed by atoms with van der Waals surface area (Å²) in [5.74, 6) is 0. The highest BCUT2D eigenvalue weighted by Gasteiger charge is 2.07. The molecule has 0 aliphatic heterocycles. The first-order chi connectivity index (χ1) is 7.47. The SMILES string of the molecule is CCC(C)P=C([O-])c1c(Cl)ccc(C)c1Cl. The second-order valence-corrected chi connectivity index (χ2v) is 6.08. The van der Waals surface area contributed by atoms with Crippen molar-refractivity contribution in [1.82, 2.24) is 0 Å². The van der Waals surface area contributed by atoms with E-state index in [1.54, 1.807) is 6.07 Å². The standard InChI is InChI=1S/C12H15Cl2OP/c1-4-8(3)16-12(15)10-9(13)6-5-7(2)11(10)14/h5-6,8,15H,4H2,1-3H3/p-1. The van der Waals surface area contributed by atoms with E-state index in [0.29, 0.717) is 21.3 Å². The second kappa shape index (κ2) is 6.02. The Balaban J connectivity index is 3.22. The highest BCUT2D eigenvalue weighted by Crippen LogP contribution is 2.29. The molecule has 0 saturated carbocycles. The largest absolute Gasteiger partial charge is 0.823 e. The van der Waals surface area contributed by atoms with Gasteiger partial charge in [0.1, 0.15) is 0 Å².